The van der Waals surface area contributed by atoms with Gasteiger partial charge in [0.05, 0.1) is 13.2 Å². The van der Waals surface area contributed by atoms with Gasteiger partial charge in [0.25, 0.3) is 5.56 Å². The molecule has 0 bridgehead atoms. The number of nitrogens with one attached hydrogen (secondary N) is 1. The fourth-order valence-corrected chi connectivity index (χ4v) is 10.00. The van der Waals surface area contributed by atoms with Gasteiger partial charge in [-0.25, -0.2) is 13.8 Å². The van der Waals surface area contributed by atoms with Crippen LogP contribution < -0.4 is 20.9 Å². The molecule has 3 unspecified atom stereocenters. The Labute approximate surface area is 293 Å². The first-order chi connectivity index (χ1) is 23.7. The first-order valence-corrected chi connectivity index (χ1v) is 20.8. The average molecular weight is 738 g/mol. The Hall–Kier alpha value is -3.46. The predicted octanol–water partition coefficient (Wildman–Crippen LogP) is 5.93. The highest BCUT2D eigenvalue weighted by Crippen LogP contribution is 2.49. The van der Waals surface area contributed by atoms with Crippen molar-refractivity contribution >= 4 is 27.9 Å². The Kier molecular flexibility index (Phi) is 14.9. The van der Waals surface area contributed by atoms with Gasteiger partial charge in [0.2, 0.25) is 5.91 Å². The second-order valence-corrected chi connectivity index (χ2v) is 18.6. The van der Waals surface area contributed by atoms with E-state index in [4.69, 9.17) is 22.9 Å². The summed E-state index contributed by atoms with van der Waals surface area (Å²) in [6, 6.07) is 9.89. The molecule has 1 aliphatic heterocycles. The van der Waals surface area contributed by atoms with Crippen molar-refractivity contribution in [3.8, 4) is 5.75 Å². The monoisotopic (exact) mass is 737 g/mol. The minimum Gasteiger partial charge on any atom is -0.464 e. The van der Waals surface area contributed by atoms with E-state index in [1.165, 1.54) is 19.9 Å². The zero-order valence-corrected chi connectivity index (χ0v) is 31.3. The summed E-state index contributed by atoms with van der Waals surface area (Å²) in [6.45, 7) is 15.2. The smallest absolute Gasteiger partial charge is 0.459 e. The molecule has 16 heteroatoms. The minimum atomic E-state index is -4.41. The maximum Gasteiger partial charge on any atom is 0.459 e. The lowest BCUT2D eigenvalue weighted by Gasteiger charge is -2.37. The molecule has 1 aromatic carbocycles. The second-order valence-electron chi connectivity index (χ2n) is 12.2. The number of allylic oxidation sites excluding steroid dienone is 1. The third kappa shape index (κ3) is 9.86. The number of carbonyl (C=O) groups excluding carboxylic acids is 2. The molecule has 0 saturated carbocycles. The largest absolute Gasteiger partial charge is 0.464 e. The van der Waals surface area contributed by atoms with E-state index in [1.807, 2.05) is 20.8 Å². The maximum atomic E-state index is 17.2. The molecule has 13 nitrogen and oxygen atoms in total. The second kappa shape index (κ2) is 18.2. The van der Waals surface area contributed by atoms with Crippen LogP contribution in [0.2, 0.25) is 18.1 Å². The summed E-state index contributed by atoms with van der Waals surface area (Å²) in [5.74, 6) is -1.34. The van der Waals surface area contributed by atoms with Crippen molar-refractivity contribution in [3.63, 3.8) is 0 Å². The Bertz CT molecular complexity index is 1640. The molecule has 0 amide bonds. The molecule has 0 radical (unpaired) electrons. The van der Waals surface area contributed by atoms with Crippen LogP contribution in [0, 0.1) is 0 Å². The molecule has 1 aromatic heterocycles. The molecule has 50 heavy (non-hydrogen) atoms. The highest BCUT2D eigenvalue weighted by atomic mass is 31.2. The van der Waals surface area contributed by atoms with Gasteiger partial charge >= 0.3 is 19.4 Å². The summed E-state index contributed by atoms with van der Waals surface area (Å²) in [4.78, 5) is 51.7. The zero-order chi connectivity index (χ0) is 37.1. The molecule has 1 fully saturated rings. The van der Waals surface area contributed by atoms with Crippen LogP contribution in [-0.2, 0) is 27.8 Å². The lowest BCUT2D eigenvalue weighted by molar-refractivity contribution is -0.145. The molecule has 1 saturated heterocycles. The van der Waals surface area contributed by atoms with Gasteiger partial charge in [0.15, 0.2) is 20.2 Å². The minimum absolute atomic E-state index is 0.0644. The number of aromatic nitrogens is 2. The van der Waals surface area contributed by atoms with Gasteiger partial charge in [-0.1, -0.05) is 51.1 Å². The van der Waals surface area contributed by atoms with Gasteiger partial charge in [0, 0.05) is 18.7 Å². The van der Waals surface area contributed by atoms with Crippen molar-refractivity contribution in [2.24, 2.45) is 0 Å². The highest BCUT2D eigenvalue weighted by molar-refractivity contribution is 7.52. The lowest BCUT2D eigenvalue weighted by Crippen LogP contribution is -2.52. The number of ether oxygens (including phenoxy) is 2. The Morgan fingerprint density at radius 1 is 1.10 bits per heavy atom. The topological polar surface area (TPSA) is 153 Å². The molecular formula is C34H49FN3O10PSi. The van der Waals surface area contributed by atoms with E-state index < -0.39 is 75.9 Å². The molecule has 1 N–H and O–H groups in total. The van der Waals surface area contributed by atoms with Crippen molar-refractivity contribution < 1.29 is 41.5 Å². The van der Waals surface area contributed by atoms with Crippen LogP contribution in [0.4, 0.5) is 4.39 Å². The number of hydrogen-bond donors (Lipinski definition) is 1. The van der Waals surface area contributed by atoms with Crippen molar-refractivity contribution in [1.29, 1.82) is 0 Å². The number of rotatable bonds is 20. The fourth-order valence-electron chi connectivity index (χ4n) is 5.58. The van der Waals surface area contributed by atoms with E-state index in [0.717, 1.165) is 16.8 Å². The van der Waals surface area contributed by atoms with E-state index in [9.17, 15) is 23.7 Å². The number of nitrogens with zero attached hydrogens (tertiary/aromatic N) is 2. The molecule has 276 valence electrons. The van der Waals surface area contributed by atoms with E-state index in [1.54, 1.807) is 36.4 Å². The SMILES string of the molecule is C=CCCOC(=O)[C@H](C)NP(=O)(OCC1OC(n2ccc(=O)n(C(=O)CCC=C)c2=O)[C@](C)(F)[C@@H]1O[Si](CC)(CC)CC)Oc1ccccc1. The summed E-state index contributed by atoms with van der Waals surface area (Å²) in [5.41, 5.74) is -4.38. The Morgan fingerprint density at radius 2 is 1.74 bits per heavy atom. The zero-order valence-electron chi connectivity index (χ0n) is 29.4. The first-order valence-electron chi connectivity index (χ1n) is 16.8. The van der Waals surface area contributed by atoms with Gasteiger partial charge in [-0.2, -0.15) is 9.65 Å². The van der Waals surface area contributed by atoms with Gasteiger partial charge in [-0.05, 0) is 57.0 Å². The summed E-state index contributed by atoms with van der Waals surface area (Å²) in [6.07, 6.45) is 0.323. The standard InChI is InChI=1S/C34H49FN3O10PSi/c1-8-13-20-28(39)38-29(40)21-22-37(33(38)42)32-34(7,35)30(48-50(10-3,11-4)12-5)27(46-32)24-45-49(43,47-26-18-16-15-17-19-26)36-25(6)31(41)44-23-14-9-2/h8-9,15-19,21-22,25,27,30,32H,1-2,10-14,20,23-24H2,3-7H3,(H,36,43)/t25-,27?,30+,32?,34+,49?/m0/s1. The van der Waals surface area contributed by atoms with Gasteiger partial charge in [0.1, 0.15) is 24.0 Å². The van der Waals surface area contributed by atoms with E-state index >= 15 is 4.39 Å². The maximum absolute atomic E-state index is 17.2. The number of hydrogen-bond acceptors (Lipinski definition) is 10. The number of benzene rings is 1. The van der Waals surface area contributed by atoms with E-state index in [2.05, 4.69) is 18.2 Å². The van der Waals surface area contributed by atoms with Crippen LogP contribution >= 0.6 is 7.75 Å². The highest BCUT2D eigenvalue weighted by Gasteiger charge is 2.59. The summed E-state index contributed by atoms with van der Waals surface area (Å²) < 4.78 is 62.4. The molecule has 0 spiro atoms. The number of alkyl halides is 1. The third-order valence-corrected chi connectivity index (χ3v) is 15.0. The fraction of sp³-hybridized carbons (Fsp3) is 0.529. The van der Waals surface area contributed by atoms with E-state index in [-0.39, 0.29) is 25.2 Å². The third-order valence-electron chi connectivity index (χ3n) is 8.71. The normalized spacial score (nSPS) is 22.3. The van der Waals surface area contributed by atoms with E-state index in [0.29, 0.717) is 29.1 Å². The van der Waals surface area contributed by atoms with Crippen LogP contribution in [-0.4, -0.2) is 66.5 Å². The van der Waals surface area contributed by atoms with Gasteiger partial charge in [-0.15, -0.1) is 13.2 Å². The summed E-state index contributed by atoms with van der Waals surface area (Å²) >= 11 is 0. The van der Waals surface area contributed by atoms with Gasteiger partial charge in [-0.3, -0.25) is 23.5 Å². The van der Waals surface area contributed by atoms with Crippen LogP contribution in [0.3, 0.4) is 0 Å². The van der Waals surface area contributed by atoms with Crippen LogP contribution in [0.1, 0.15) is 64.9 Å². The van der Waals surface area contributed by atoms with Crippen molar-refractivity contribution in [2.45, 2.75) is 102 Å². The number of halogens is 1. The van der Waals surface area contributed by atoms with Crippen LogP contribution in [0.15, 0.2) is 77.5 Å². The molecular weight excluding hydrogens is 688 g/mol. The molecule has 3 rings (SSSR count). The Morgan fingerprint density at radius 3 is 2.34 bits per heavy atom. The summed E-state index contributed by atoms with van der Waals surface area (Å²) in [5, 5.41) is 2.60. The van der Waals surface area contributed by atoms with Crippen molar-refractivity contribution in [3.05, 3.63) is 88.7 Å². The first kappa shape index (κ1) is 41.0. The Balaban J connectivity index is 2.03. The van der Waals surface area contributed by atoms with Crippen LogP contribution in [0.25, 0.3) is 0 Å². The number of esters is 1. The van der Waals surface area contributed by atoms with Gasteiger partial charge < -0.3 is 18.4 Å². The predicted molar refractivity (Wildman–Crippen MR) is 190 cm³/mol. The lowest BCUT2D eigenvalue weighted by atomic mass is 9.98. The molecule has 2 aromatic rings. The van der Waals surface area contributed by atoms with Crippen molar-refractivity contribution in [1.82, 2.24) is 14.2 Å². The molecule has 0 aliphatic carbocycles. The van der Waals surface area contributed by atoms with Crippen molar-refractivity contribution in [2.75, 3.05) is 13.2 Å². The average Bonchev–Trinajstić information content (AvgIpc) is 3.33. The number of para-hydroxylation sites is 1. The molecule has 2 heterocycles. The number of carbonyl (C=O) groups is 2. The molecule has 6 atom stereocenters. The summed E-state index contributed by atoms with van der Waals surface area (Å²) in [7, 11) is -6.98. The quantitative estimate of drug-likeness (QED) is 0.0566. The van der Waals surface area contributed by atoms with Crippen LogP contribution in [0.5, 0.6) is 5.75 Å². The molecule has 1 aliphatic rings.